The van der Waals surface area contributed by atoms with E-state index in [2.05, 4.69) is 0 Å². The molecule has 1 amide bonds. The molecule has 1 heterocycles. The molecule has 0 aromatic carbocycles. The molecule has 0 radical (unpaired) electrons. The molecular formula is C11H17NO2. The molecule has 3 fully saturated rings. The Labute approximate surface area is 84.4 Å². The normalized spacial score (nSPS) is 43.4. The van der Waals surface area contributed by atoms with Gasteiger partial charge in [0.1, 0.15) is 0 Å². The van der Waals surface area contributed by atoms with Crippen LogP contribution in [0.25, 0.3) is 0 Å². The summed E-state index contributed by atoms with van der Waals surface area (Å²) < 4.78 is 5.09. The lowest BCUT2D eigenvalue weighted by atomic mass is 9.90. The van der Waals surface area contributed by atoms with Gasteiger partial charge in [-0.3, -0.25) is 0 Å². The molecule has 3 heteroatoms. The van der Waals surface area contributed by atoms with Gasteiger partial charge >= 0.3 is 6.09 Å². The van der Waals surface area contributed by atoms with Crippen LogP contribution in [0.5, 0.6) is 0 Å². The predicted molar refractivity (Wildman–Crippen MR) is 51.8 cm³/mol. The third-order valence-corrected chi connectivity index (χ3v) is 4.25. The van der Waals surface area contributed by atoms with Crippen LogP contribution in [0.3, 0.4) is 0 Å². The van der Waals surface area contributed by atoms with Crippen molar-refractivity contribution in [2.24, 2.45) is 17.8 Å². The summed E-state index contributed by atoms with van der Waals surface area (Å²) in [6.07, 6.45) is 3.88. The van der Waals surface area contributed by atoms with Gasteiger partial charge in [-0.05, 0) is 43.9 Å². The molecule has 0 aromatic heterocycles. The van der Waals surface area contributed by atoms with E-state index < -0.39 is 0 Å². The molecular weight excluding hydrogens is 178 g/mol. The van der Waals surface area contributed by atoms with Crippen LogP contribution in [0.4, 0.5) is 4.79 Å². The molecule has 78 valence electrons. The van der Waals surface area contributed by atoms with Gasteiger partial charge in [-0.2, -0.15) is 0 Å². The highest BCUT2D eigenvalue weighted by molar-refractivity contribution is 5.68. The number of hydrogen-bond donors (Lipinski definition) is 0. The minimum absolute atomic E-state index is 0.0763. The van der Waals surface area contributed by atoms with Gasteiger partial charge in [0.25, 0.3) is 0 Å². The topological polar surface area (TPSA) is 29.5 Å². The van der Waals surface area contributed by atoms with Crippen LogP contribution in [0.15, 0.2) is 0 Å². The number of carbonyl (C=O) groups excluding carboxylic acids is 1. The fraction of sp³-hybridized carbons (Fsp3) is 0.909. The minimum Gasteiger partial charge on any atom is -0.450 e. The first kappa shape index (κ1) is 8.57. The van der Waals surface area contributed by atoms with Crippen LogP contribution in [-0.2, 0) is 4.74 Å². The van der Waals surface area contributed by atoms with Crippen molar-refractivity contribution < 1.29 is 9.53 Å². The van der Waals surface area contributed by atoms with Crippen molar-refractivity contribution in [1.82, 2.24) is 4.90 Å². The summed E-state index contributed by atoms with van der Waals surface area (Å²) in [5, 5.41) is 0. The van der Waals surface area contributed by atoms with E-state index in [1.165, 1.54) is 19.3 Å². The van der Waals surface area contributed by atoms with E-state index >= 15 is 0 Å². The van der Waals surface area contributed by atoms with Crippen LogP contribution in [-0.4, -0.2) is 30.2 Å². The second-order valence-corrected chi connectivity index (χ2v) is 4.92. The second kappa shape index (κ2) is 2.88. The summed E-state index contributed by atoms with van der Waals surface area (Å²) in [4.78, 5) is 13.6. The third-order valence-electron chi connectivity index (χ3n) is 4.25. The Hall–Kier alpha value is -0.730. The highest BCUT2D eigenvalue weighted by Crippen LogP contribution is 2.54. The van der Waals surface area contributed by atoms with Crippen LogP contribution >= 0.6 is 0 Å². The van der Waals surface area contributed by atoms with Crippen molar-refractivity contribution in [1.29, 1.82) is 0 Å². The molecule has 0 spiro atoms. The van der Waals surface area contributed by atoms with E-state index in [0.717, 1.165) is 24.3 Å². The number of likely N-dealkylation sites (tertiary alicyclic amines) is 1. The lowest BCUT2D eigenvalue weighted by Gasteiger charge is -2.23. The summed E-state index contributed by atoms with van der Waals surface area (Å²) in [7, 11) is 0. The molecule has 14 heavy (non-hydrogen) atoms. The fourth-order valence-corrected chi connectivity index (χ4v) is 3.83. The Morgan fingerprint density at radius 2 is 2.29 bits per heavy atom. The smallest absolute Gasteiger partial charge is 0.410 e. The van der Waals surface area contributed by atoms with Gasteiger partial charge in [0.2, 0.25) is 0 Å². The molecule has 2 saturated carbocycles. The number of amides is 1. The van der Waals surface area contributed by atoms with Crippen molar-refractivity contribution in [2.75, 3.05) is 13.2 Å². The molecule has 4 atom stereocenters. The quantitative estimate of drug-likeness (QED) is 0.639. The van der Waals surface area contributed by atoms with E-state index in [0.29, 0.717) is 12.6 Å². The van der Waals surface area contributed by atoms with Crippen LogP contribution in [0.2, 0.25) is 0 Å². The third kappa shape index (κ3) is 1.01. The first-order chi connectivity index (χ1) is 6.79. The average molecular weight is 195 g/mol. The predicted octanol–water partition coefficient (Wildman–Crippen LogP) is 1.87. The van der Waals surface area contributed by atoms with Crippen molar-refractivity contribution in [3.8, 4) is 0 Å². The first-order valence-electron chi connectivity index (χ1n) is 5.73. The molecule has 0 aromatic rings. The maximum Gasteiger partial charge on any atom is 0.410 e. The molecule has 2 aliphatic carbocycles. The molecule has 3 nitrogen and oxygen atoms in total. The number of fused-ring (bicyclic) bond motifs is 1. The van der Waals surface area contributed by atoms with Gasteiger partial charge in [0, 0.05) is 12.6 Å². The Morgan fingerprint density at radius 1 is 1.43 bits per heavy atom. The molecule has 0 N–H and O–H groups in total. The Morgan fingerprint density at radius 3 is 2.93 bits per heavy atom. The average Bonchev–Trinajstić information content (AvgIpc) is 2.73. The number of nitrogens with zero attached hydrogens (tertiary/aromatic N) is 1. The van der Waals surface area contributed by atoms with E-state index in [9.17, 15) is 4.79 Å². The van der Waals surface area contributed by atoms with E-state index in [-0.39, 0.29) is 6.09 Å². The van der Waals surface area contributed by atoms with E-state index in [4.69, 9.17) is 4.74 Å². The monoisotopic (exact) mass is 195 g/mol. The van der Waals surface area contributed by atoms with Crippen LogP contribution in [0, 0.1) is 17.8 Å². The van der Waals surface area contributed by atoms with E-state index in [1.54, 1.807) is 0 Å². The SMILES string of the molecule is CCOC(=O)N1C[C@@H]2C[C@@H]3C[C@H]2[C@H]1C3. The van der Waals surface area contributed by atoms with Gasteiger partial charge in [-0.15, -0.1) is 0 Å². The zero-order valence-electron chi connectivity index (χ0n) is 8.61. The fourth-order valence-electron chi connectivity index (χ4n) is 3.83. The first-order valence-corrected chi connectivity index (χ1v) is 5.73. The highest BCUT2D eigenvalue weighted by Gasteiger charge is 2.55. The Balaban J connectivity index is 1.75. The standard InChI is InChI=1S/C11H17NO2/c1-2-14-11(13)12-6-8-3-7-4-9(8)10(12)5-7/h7-10H,2-6H2,1H3/t7-,8+,9-,10-/m1/s1. The van der Waals surface area contributed by atoms with Crippen molar-refractivity contribution >= 4 is 6.09 Å². The largest absolute Gasteiger partial charge is 0.450 e. The molecule has 3 aliphatic rings. The highest BCUT2D eigenvalue weighted by atomic mass is 16.6. The lowest BCUT2D eigenvalue weighted by molar-refractivity contribution is 0.101. The summed E-state index contributed by atoms with van der Waals surface area (Å²) in [5.41, 5.74) is 0. The zero-order chi connectivity index (χ0) is 9.71. The zero-order valence-corrected chi connectivity index (χ0v) is 8.61. The van der Waals surface area contributed by atoms with E-state index in [1.807, 2.05) is 11.8 Å². The summed E-state index contributed by atoms with van der Waals surface area (Å²) in [6, 6.07) is 0.526. The van der Waals surface area contributed by atoms with Crippen molar-refractivity contribution in [2.45, 2.75) is 32.2 Å². The second-order valence-electron chi connectivity index (χ2n) is 4.92. The molecule has 2 bridgehead atoms. The van der Waals surface area contributed by atoms with Gasteiger partial charge in [0.05, 0.1) is 6.61 Å². The Bertz CT molecular complexity index is 264. The maximum atomic E-state index is 11.7. The lowest BCUT2D eigenvalue weighted by Crippen LogP contribution is -2.36. The summed E-state index contributed by atoms with van der Waals surface area (Å²) in [6.45, 7) is 3.34. The Kier molecular flexibility index (Phi) is 1.76. The number of carbonyl (C=O) groups is 1. The van der Waals surface area contributed by atoms with Gasteiger partial charge in [0.15, 0.2) is 0 Å². The molecule has 1 aliphatic heterocycles. The van der Waals surface area contributed by atoms with Gasteiger partial charge < -0.3 is 9.64 Å². The van der Waals surface area contributed by atoms with Crippen LogP contribution in [0.1, 0.15) is 26.2 Å². The molecule has 1 saturated heterocycles. The minimum atomic E-state index is -0.0763. The number of ether oxygens (including phenoxy) is 1. The van der Waals surface area contributed by atoms with Crippen molar-refractivity contribution in [3.05, 3.63) is 0 Å². The van der Waals surface area contributed by atoms with Crippen LogP contribution < -0.4 is 0 Å². The summed E-state index contributed by atoms with van der Waals surface area (Å²) >= 11 is 0. The molecule has 3 rings (SSSR count). The summed E-state index contributed by atoms with van der Waals surface area (Å²) in [5.74, 6) is 2.52. The maximum absolute atomic E-state index is 11.7. The number of hydrogen-bond acceptors (Lipinski definition) is 2. The van der Waals surface area contributed by atoms with Crippen molar-refractivity contribution in [3.63, 3.8) is 0 Å². The van der Waals surface area contributed by atoms with Gasteiger partial charge in [-0.1, -0.05) is 0 Å². The molecule has 0 unspecified atom stereocenters. The number of rotatable bonds is 1. The van der Waals surface area contributed by atoms with Gasteiger partial charge in [-0.25, -0.2) is 4.79 Å².